The molecule has 1 atom stereocenters. The lowest BCUT2D eigenvalue weighted by Crippen LogP contribution is -2.29. The van der Waals surface area contributed by atoms with Gasteiger partial charge < -0.3 is 9.47 Å². The number of hydrazine groups is 1. The molecule has 1 heterocycles. The minimum Gasteiger partial charge on any atom is -0.493 e. The molecule has 0 aliphatic heterocycles. The van der Waals surface area contributed by atoms with Gasteiger partial charge in [-0.25, -0.2) is 5.43 Å². The number of nitrogens with one attached hydrogen (secondary N) is 1. The third kappa shape index (κ3) is 2.89. The highest BCUT2D eigenvalue weighted by atomic mass is 16.5. The zero-order valence-corrected chi connectivity index (χ0v) is 11.9. The van der Waals surface area contributed by atoms with Gasteiger partial charge in [0.15, 0.2) is 11.5 Å². The molecule has 5 heteroatoms. The molecule has 2 aromatic rings. The first-order chi connectivity index (χ1) is 9.69. The van der Waals surface area contributed by atoms with Crippen molar-refractivity contribution in [3.8, 4) is 11.5 Å². The van der Waals surface area contributed by atoms with E-state index in [9.17, 15) is 0 Å². The van der Waals surface area contributed by atoms with E-state index in [1.807, 2.05) is 43.5 Å². The summed E-state index contributed by atoms with van der Waals surface area (Å²) in [6.07, 6.45) is 1.82. The monoisotopic (exact) mass is 273 g/mol. The summed E-state index contributed by atoms with van der Waals surface area (Å²) < 4.78 is 10.6. The Hall–Kier alpha value is -2.11. The summed E-state index contributed by atoms with van der Waals surface area (Å²) in [5.74, 6) is 7.05. The summed E-state index contributed by atoms with van der Waals surface area (Å²) in [6.45, 7) is 1.95. The largest absolute Gasteiger partial charge is 0.493 e. The molecule has 0 radical (unpaired) electrons. The van der Waals surface area contributed by atoms with Crippen LogP contribution in [0.25, 0.3) is 0 Å². The van der Waals surface area contributed by atoms with E-state index in [0.717, 1.165) is 16.8 Å². The molecule has 0 aliphatic carbocycles. The van der Waals surface area contributed by atoms with E-state index in [2.05, 4.69) is 10.4 Å². The fourth-order valence-corrected chi connectivity index (χ4v) is 2.07. The number of rotatable bonds is 5. The lowest BCUT2D eigenvalue weighted by molar-refractivity contribution is 0.354. The van der Waals surface area contributed by atoms with Crippen molar-refractivity contribution >= 4 is 0 Å². The Labute approximate surface area is 118 Å². The van der Waals surface area contributed by atoms with Gasteiger partial charge in [-0.05, 0) is 36.2 Å². The van der Waals surface area contributed by atoms with Crippen LogP contribution in [0.4, 0.5) is 0 Å². The van der Waals surface area contributed by atoms with Gasteiger partial charge in [0.25, 0.3) is 0 Å². The molecule has 0 aliphatic rings. The van der Waals surface area contributed by atoms with Crippen LogP contribution in [-0.2, 0) is 0 Å². The zero-order chi connectivity index (χ0) is 14.5. The van der Waals surface area contributed by atoms with Gasteiger partial charge in [0, 0.05) is 11.9 Å². The maximum absolute atomic E-state index is 5.69. The van der Waals surface area contributed by atoms with Gasteiger partial charge in [0.1, 0.15) is 0 Å². The summed E-state index contributed by atoms with van der Waals surface area (Å²) in [5.41, 5.74) is 5.75. The minimum atomic E-state index is -0.150. The summed E-state index contributed by atoms with van der Waals surface area (Å²) in [5, 5.41) is 0. The van der Waals surface area contributed by atoms with Crippen LogP contribution in [0, 0.1) is 6.92 Å². The third-order valence-electron chi connectivity index (χ3n) is 3.18. The number of benzene rings is 1. The summed E-state index contributed by atoms with van der Waals surface area (Å²) in [6, 6.07) is 9.53. The van der Waals surface area contributed by atoms with Gasteiger partial charge in [0.05, 0.1) is 20.3 Å². The SMILES string of the molecule is COc1ccc(C(NN)c2ccc(C)nc2)cc1OC. The molecular formula is C15H19N3O2. The predicted molar refractivity (Wildman–Crippen MR) is 77.7 cm³/mol. The molecule has 20 heavy (non-hydrogen) atoms. The Kier molecular flexibility index (Phi) is 4.55. The first-order valence-electron chi connectivity index (χ1n) is 6.30. The van der Waals surface area contributed by atoms with E-state index in [1.54, 1.807) is 14.2 Å². The molecule has 5 nitrogen and oxygen atoms in total. The number of methoxy groups -OCH3 is 2. The van der Waals surface area contributed by atoms with Crippen molar-refractivity contribution in [3.05, 3.63) is 53.3 Å². The van der Waals surface area contributed by atoms with E-state index < -0.39 is 0 Å². The normalized spacial score (nSPS) is 12.0. The number of nitrogens with two attached hydrogens (primary N) is 1. The fourth-order valence-electron chi connectivity index (χ4n) is 2.07. The molecule has 0 amide bonds. The Morgan fingerprint density at radius 1 is 1.05 bits per heavy atom. The third-order valence-corrected chi connectivity index (χ3v) is 3.18. The maximum atomic E-state index is 5.69. The van der Waals surface area contributed by atoms with Crippen LogP contribution in [-0.4, -0.2) is 19.2 Å². The molecule has 0 bridgehead atoms. The van der Waals surface area contributed by atoms with Crippen molar-refractivity contribution in [2.75, 3.05) is 14.2 Å². The lowest BCUT2D eigenvalue weighted by Gasteiger charge is -2.18. The van der Waals surface area contributed by atoms with Crippen molar-refractivity contribution < 1.29 is 9.47 Å². The van der Waals surface area contributed by atoms with Gasteiger partial charge in [0.2, 0.25) is 0 Å². The number of aromatic nitrogens is 1. The van der Waals surface area contributed by atoms with Crippen LogP contribution in [0.5, 0.6) is 11.5 Å². The van der Waals surface area contributed by atoms with E-state index in [4.69, 9.17) is 15.3 Å². The van der Waals surface area contributed by atoms with Crippen LogP contribution in [0.3, 0.4) is 0 Å². The van der Waals surface area contributed by atoms with Crippen molar-refractivity contribution in [2.45, 2.75) is 13.0 Å². The Morgan fingerprint density at radius 2 is 1.75 bits per heavy atom. The molecule has 1 aromatic carbocycles. The Bertz CT molecular complexity index is 570. The van der Waals surface area contributed by atoms with Gasteiger partial charge in [-0.15, -0.1) is 0 Å². The van der Waals surface area contributed by atoms with Crippen LogP contribution in [0.2, 0.25) is 0 Å². The molecule has 0 fully saturated rings. The van der Waals surface area contributed by atoms with E-state index in [0.29, 0.717) is 11.5 Å². The smallest absolute Gasteiger partial charge is 0.161 e. The van der Waals surface area contributed by atoms with Crippen LogP contribution < -0.4 is 20.7 Å². The van der Waals surface area contributed by atoms with Crippen LogP contribution >= 0.6 is 0 Å². The first kappa shape index (κ1) is 14.3. The summed E-state index contributed by atoms with van der Waals surface area (Å²) >= 11 is 0. The topological polar surface area (TPSA) is 69.4 Å². The maximum Gasteiger partial charge on any atom is 0.161 e. The number of hydrogen-bond donors (Lipinski definition) is 2. The van der Waals surface area contributed by atoms with Gasteiger partial charge in [-0.3, -0.25) is 10.8 Å². The second kappa shape index (κ2) is 6.36. The Morgan fingerprint density at radius 3 is 2.30 bits per heavy atom. The van der Waals surface area contributed by atoms with E-state index in [-0.39, 0.29) is 6.04 Å². The van der Waals surface area contributed by atoms with Gasteiger partial charge in [-0.2, -0.15) is 0 Å². The van der Waals surface area contributed by atoms with Gasteiger partial charge in [-0.1, -0.05) is 12.1 Å². The predicted octanol–water partition coefficient (Wildman–Crippen LogP) is 1.96. The molecule has 106 valence electrons. The summed E-state index contributed by atoms with van der Waals surface area (Å²) in [7, 11) is 3.22. The summed E-state index contributed by atoms with van der Waals surface area (Å²) in [4.78, 5) is 4.30. The number of pyridine rings is 1. The average Bonchev–Trinajstić information content (AvgIpc) is 2.49. The second-order valence-electron chi connectivity index (χ2n) is 4.45. The number of hydrogen-bond acceptors (Lipinski definition) is 5. The van der Waals surface area contributed by atoms with E-state index in [1.165, 1.54) is 0 Å². The van der Waals surface area contributed by atoms with Crippen LogP contribution in [0.15, 0.2) is 36.5 Å². The van der Waals surface area contributed by atoms with E-state index >= 15 is 0 Å². The second-order valence-corrected chi connectivity index (χ2v) is 4.45. The molecule has 2 rings (SSSR count). The molecular weight excluding hydrogens is 254 g/mol. The number of nitrogens with zero attached hydrogens (tertiary/aromatic N) is 1. The highest BCUT2D eigenvalue weighted by Gasteiger charge is 2.15. The van der Waals surface area contributed by atoms with Crippen molar-refractivity contribution in [1.82, 2.24) is 10.4 Å². The molecule has 3 N–H and O–H groups in total. The average molecular weight is 273 g/mol. The van der Waals surface area contributed by atoms with Crippen molar-refractivity contribution in [3.63, 3.8) is 0 Å². The molecule has 1 unspecified atom stereocenters. The highest BCUT2D eigenvalue weighted by molar-refractivity contribution is 5.45. The minimum absolute atomic E-state index is 0.150. The number of ether oxygens (including phenoxy) is 2. The van der Waals surface area contributed by atoms with Crippen molar-refractivity contribution in [1.29, 1.82) is 0 Å². The van der Waals surface area contributed by atoms with Crippen LogP contribution in [0.1, 0.15) is 22.9 Å². The first-order valence-corrected chi connectivity index (χ1v) is 6.30. The highest BCUT2D eigenvalue weighted by Crippen LogP contribution is 2.31. The number of aryl methyl sites for hydroxylation is 1. The lowest BCUT2D eigenvalue weighted by atomic mass is 10.00. The van der Waals surface area contributed by atoms with Crippen molar-refractivity contribution in [2.24, 2.45) is 5.84 Å². The molecule has 0 saturated carbocycles. The quantitative estimate of drug-likeness (QED) is 0.644. The fraction of sp³-hybridized carbons (Fsp3) is 0.267. The molecule has 0 saturated heterocycles. The Balaban J connectivity index is 2.39. The molecule has 0 spiro atoms. The van der Waals surface area contributed by atoms with Gasteiger partial charge >= 0.3 is 0 Å². The zero-order valence-electron chi connectivity index (χ0n) is 11.9. The molecule has 1 aromatic heterocycles. The standard InChI is InChI=1S/C15H19N3O2/c1-10-4-5-12(9-17-10)15(18-16)11-6-7-13(19-2)14(8-11)20-3/h4-9,15,18H,16H2,1-3H3.